The molecule has 6 heteroatoms. The normalized spacial score (nSPS) is 16.0. The van der Waals surface area contributed by atoms with Gasteiger partial charge in [0.05, 0.1) is 6.42 Å². The molecule has 1 saturated heterocycles. The maximum Gasteiger partial charge on any atom is 0.312 e. The lowest BCUT2D eigenvalue weighted by molar-refractivity contribution is -0.158. The Labute approximate surface area is 128 Å². The minimum absolute atomic E-state index is 0.00532. The van der Waals surface area contributed by atoms with Gasteiger partial charge in [-0.05, 0) is 31.9 Å². The minimum atomic E-state index is -0.760. The molecule has 1 aromatic carbocycles. The molecular formula is C16H18N2O4. The maximum absolute atomic E-state index is 12.1. The van der Waals surface area contributed by atoms with Crippen LogP contribution in [0.4, 0.5) is 0 Å². The second-order valence-corrected chi connectivity index (χ2v) is 5.47. The average molecular weight is 302 g/mol. The number of fused-ring (bicyclic) bond motifs is 1. The predicted octanol–water partition coefficient (Wildman–Crippen LogP) is 1.92. The van der Waals surface area contributed by atoms with Crippen LogP contribution in [0.5, 0.6) is 0 Å². The zero-order valence-corrected chi connectivity index (χ0v) is 12.4. The molecule has 22 heavy (non-hydrogen) atoms. The molecule has 0 N–H and O–H groups in total. The standard InChI is InChI=1S/C16H18N2O4/c1-11(16(20)18-8-4-5-9-18)21-15(19)10-13-12-6-2-3-7-14(12)22-17-13/h2-3,6-7,11H,4-5,8-10H2,1H3/t11-/m0/s1. The highest BCUT2D eigenvalue weighted by Gasteiger charge is 2.26. The number of ether oxygens (including phenoxy) is 1. The van der Waals surface area contributed by atoms with Crippen molar-refractivity contribution < 1.29 is 18.8 Å². The van der Waals surface area contributed by atoms with Gasteiger partial charge in [-0.3, -0.25) is 9.59 Å². The van der Waals surface area contributed by atoms with E-state index >= 15 is 0 Å². The smallest absolute Gasteiger partial charge is 0.312 e. The van der Waals surface area contributed by atoms with Crippen LogP contribution in [0.3, 0.4) is 0 Å². The summed E-state index contributed by atoms with van der Waals surface area (Å²) in [6.07, 6.45) is 1.26. The average Bonchev–Trinajstić information content (AvgIpc) is 3.17. The van der Waals surface area contributed by atoms with Crippen LogP contribution in [-0.2, 0) is 20.7 Å². The van der Waals surface area contributed by atoms with Crippen molar-refractivity contribution >= 4 is 22.8 Å². The van der Waals surface area contributed by atoms with Gasteiger partial charge in [0, 0.05) is 18.5 Å². The molecule has 0 radical (unpaired) electrons. The van der Waals surface area contributed by atoms with Crippen molar-refractivity contribution in [3.63, 3.8) is 0 Å². The fourth-order valence-electron chi connectivity index (χ4n) is 2.69. The molecule has 1 aromatic heterocycles. The SMILES string of the molecule is C[C@H](OC(=O)Cc1noc2ccccc12)C(=O)N1CCCC1. The van der Waals surface area contributed by atoms with E-state index in [9.17, 15) is 9.59 Å². The molecule has 1 aliphatic rings. The summed E-state index contributed by atoms with van der Waals surface area (Å²) in [7, 11) is 0. The molecule has 3 rings (SSSR count). The molecule has 0 spiro atoms. The van der Waals surface area contributed by atoms with Crippen molar-refractivity contribution in [2.24, 2.45) is 0 Å². The summed E-state index contributed by atoms with van der Waals surface area (Å²) < 4.78 is 10.4. The predicted molar refractivity (Wildman–Crippen MR) is 79.1 cm³/mol. The molecule has 1 amide bonds. The molecule has 116 valence electrons. The summed E-state index contributed by atoms with van der Waals surface area (Å²) in [6, 6.07) is 7.32. The van der Waals surface area contributed by atoms with Crippen LogP contribution in [0.2, 0.25) is 0 Å². The van der Waals surface area contributed by atoms with Crippen molar-refractivity contribution in [3.8, 4) is 0 Å². The monoisotopic (exact) mass is 302 g/mol. The van der Waals surface area contributed by atoms with Crippen molar-refractivity contribution in [3.05, 3.63) is 30.0 Å². The minimum Gasteiger partial charge on any atom is -0.452 e. The Hall–Kier alpha value is -2.37. The summed E-state index contributed by atoms with van der Waals surface area (Å²) in [5, 5.41) is 4.68. The van der Waals surface area contributed by atoms with E-state index in [0.717, 1.165) is 31.3 Å². The van der Waals surface area contributed by atoms with E-state index in [-0.39, 0.29) is 12.3 Å². The third-order valence-electron chi connectivity index (χ3n) is 3.84. The lowest BCUT2D eigenvalue weighted by Gasteiger charge is -2.20. The Morgan fingerprint density at radius 1 is 1.32 bits per heavy atom. The summed E-state index contributed by atoms with van der Waals surface area (Å²) in [5.74, 6) is -0.602. The summed E-state index contributed by atoms with van der Waals surface area (Å²) in [6.45, 7) is 3.10. The number of likely N-dealkylation sites (tertiary alicyclic amines) is 1. The number of rotatable bonds is 4. The van der Waals surface area contributed by atoms with Gasteiger partial charge in [-0.25, -0.2) is 0 Å². The van der Waals surface area contributed by atoms with Crippen molar-refractivity contribution in [1.82, 2.24) is 10.1 Å². The first kappa shape index (κ1) is 14.6. The van der Waals surface area contributed by atoms with Crippen molar-refractivity contribution in [2.75, 3.05) is 13.1 Å². The van der Waals surface area contributed by atoms with Crippen LogP contribution in [0.15, 0.2) is 28.8 Å². The highest BCUT2D eigenvalue weighted by atomic mass is 16.5. The van der Waals surface area contributed by atoms with E-state index in [1.54, 1.807) is 17.9 Å². The molecule has 6 nitrogen and oxygen atoms in total. The van der Waals surface area contributed by atoms with Crippen LogP contribution >= 0.6 is 0 Å². The molecule has 1 atom stereocenters. The third kappa shape index (κ3) is 2.95. The van der Waals surface area contributed by atoms with Gasteiger partial charge < -0.3 is 14.2 Å². The van der Waals surface area contributed by atoms with E-state index in [0.29, 0.717) is 11.3 Å². The Kier molecular flexibility index (Phi) is 4.09. The second-order valence-electron chi connectivity index (χ2n) is 5.47. The molecule has 0 unspecified atom stereocenters. The molecular weight excluding hydrogens is 284 g/mol. The van der Waals surface area contributed by atoms with E-state index in [1.165, 1.54) is 0 Å². The van der Waals surface area contributed by atoms with Gasteiger partial charge in [0.1, 0.15) is 5.69 Å². The van der Waals surface area contributed by atoms with E-state index in [2.05, 4.69) is 5.16 Å². The number of hydrogen-bond donors (Lipinski definition) is 0. The van der Waals surface area contributed by atoms with Gasteiger partial charge in [0.2, 0.25) is 0 Å². The van der Waals surface area contributed by atoms with Crippen LogP contribution < -0.4 is 0 Å². The van der Waals surface area contributed by atoms with Gasteiger partial charge in [0.25, 0.3) is 5.91 Å². The van der Waals surface area contributed by atoms with Crippen LogP contribution in [0, 0.1) is 0 Å². The van der Waals surface area contributed by atoms with Gasteiger partial charge in [-0.15, -0.1) is 0 Å². The molecule has 1 fully saturated rings. The number of carbonyl (C=O) groups excluding carboxylic acids is 2. The number of benzene rings is 1. The highest BCUT2D eigenvalue weighted by Crippen LogP contribution is 2.18. The van der Waals surface area contributed by atoms with Crippen molar-refractivity contribution in [2.45, 2.75) is 32.3 Å². The second kappa shape index (κ2) is 6.17. The number of nitrogens with zero attached hydrogens (tertiary/aromatic N) is 2. The molecule has 2 heterocycles. The Morgan fingerprint density at radius 2 is 2.05 bits per heavy atom. The van der Waals surface area contributed by atoms with Crippen molar-refractivity contribution in [1.29, 1.82) is 0 Å². The number of amides is 1. The largest absolute Gasteiger partial charge is 0.452 e. The van der Waals surface area contributed by atoms with Gasteiger partial charge in [-0.2, -0.15) is 0 Å². The number of hydrogen-bond acceptors (Lipinski definition) is 5. The lowest BCUT2D eigenvalue weighted by Crippen LogP contribution is -2.38. The summed E-state index contributed by atoms with van der Waals surface area (Å²) in [4.78, 5) is 25.9. The molecule has 2 aromatic rings. The van der Waals surface area contributed by atoms with Crippen LogP contribution in [0.1, 0.15) is 25.5 Å². The Bertz CT molecular complexity index is 688. The van der Waals surface area contributed by atoms with Gasteiger partial charge in [-0.1, -0.05) is 17.3 Å². The van der Waals surface area contributed by atoms with Crippen LogP contribution in [0.25, 0.3) is 11.0 Å². The Morgan fingerprint density at radius 3 is 2.82 bits per heavy atom. The van der Waals surface area contributed by atoms with Crippen LogP contribution in [-0.4, -0.2) is 41.1 Å². The van der Waals surface area contributed by atoms with Gasteiger partial charge in [0.15, 0.2) is 11.7 Å². The fraction of sp³-hybridized carbons (Fsp3) is 0.438. The summed E-state index contributed by atoms with van der Waals surface area (Å²) >= 11 is 0. The number of aromatic nitrogens is 1. The zero-order chi connectivity index (χ0) is 15.5. The fourth-order valence-corrected chi connectivity index (χ4v) is 2.69. The van der Waals surface area contributed by atoms with E-state index in [1.807, 2.05) is 18.2 Å². The molecule has 0 saturated carbocycles. The first-order valence-electron chi connectivity index (χ1n) is 7.46. The first-order chi connectivity index (χ1) is 10.6. The Balaban J connectivity index is 1.61. The van der Waals surface area contributed by atoms with Gasteiger partial charge >= 0.3 is 5.97 Å². The summed E-state index contributed by atoms with van der Waals surface area (Å²) in [5.41, 5.74) is 1.16. The van der Waals surface area contributed by atoms with E-state index in [4.69, 9.17) is 9.26 Å². The lowest BCUT2D eigenvalue weighted by atomic mass is 10.2. The molecule has 1 aliphatic heterocycles. The third-order valence-corrected chi connectivity index (χ3v) is 3.84. The highest BCUT2D eigenvalue weighted by molar-refractivity contribution is 5.86. The zero-order valence-electron chi connectivity index (χ0n) is 12.4. The van der Waals surface area contributed by atoms with E-state index < -0.39 is 12.1 Å². The molecule has 0 bridgehead atoms. The topological polar surface area (TPSA) is 72.6 Å². The number of carbonyl (C=O) groups is 2. The molecule has 0 aliphatic carbocycles. The first-order valence-corrected chi connectivity index (χ1v) is 7.46. The quantitative estimate of drug-likeness (QED) is 0.807. The number of esters is 1. The maximum atomic E-state index is 12.1. The number of para-hydroxylation sites is 1.